The first-order chi connectivity index (χ1) is 11.9. The monoisotopic (exact) mass is 350 g/mol. The van der Waals surface area contributed by atoms with Crippen LogP contribution in [0.2, 0.25) is 0 Å². The summed E-state index contributed by atoms with van der Waals surface area (Å²) in [5.74, 6) is 1.70. The molecule has 1 unspecified atom stereocenters. The van der Waals surface area contributed by atoms with Gasteiger partial charge in [-0.3, -0.25) is 4.99 Å². The zero-order valence-corrected chi connectivity index (χ0v) is 15.7. The van der Waals surface area contributed by atoms with Crippen molar-refractivity contribution in [3.05, 3.63) is 24.2 Å². The summed E-state index contributed by atoms with van der Waals surface area (Å²) in [4.78, 5) is 18.5. The molecule has 140 valence electrons. The topological polar surface area (TPSA) is 79.1 Å². The molecule has 2 rings (SSSR count). The highest BCUT2D eigenvalue weighted by molar-refractivity contribution is 5.80. The number of amides is 1. The molecule has 1 aromatic heterocycles. The van der Waals surface area contributed by atoms with E-state index in [9.17, 15) is 4.79 Å². The van der Waals surface area contributed by atoms with Gasteiger partial charge in [0.2, 0.25) is 0 Å². The first kappa shape index (κ1) is 19.1. The second-order valence-electron chi connectivity index (χ2n) is 7.15. The Kier molecular flexibility index (Phi) is 6.73. The molecular weight excluding hydrogens is 320 g/mol. The van der Waals surface area contributed by atoms with E-state index in [1.54, 1.807) is 11.2 Å². The summed E-state index contributed by atoms with van der Waals surface area (Å²) in [7, 11) is 0. The first-order valence-electron chi connectivity index (χ1n) is 8.92. The Labute approximate surface area is 149 Å². The fraction of sp³-hybridized carbons (Fsp3) is 0.667. The lowest BCUT2D eigenvalue weighted by atomic mass is 10.2. The van der Waals surface area contributed by atoms with Gasteiger partial charge in [-0.15, -0.1) is 0 Å². The molecule has 0 aliphatic carbocycles. The molecule has 0 aromatic carbocycles. The number of ether oxygens (including phenoxy) is 1. The van der Waals surface area contributed by atoms with E-state index in [0.717, 1.165) is 31.1 Å². The third-order valence-corrected chi connectivity index (χ3v) is 3.73. The minimum Gasteiger partial charge on any atom is -0.469 e. The number of rotatable bonds is 5. The summed E-state index contributed by atoms with van der Waals surface area (Å²) in [6, 6.07) is 4.01. The summed E-state index contributed by atoms with van der Waals surface area (Å²) >= 11 is 0. The average molecular weight is 350 g/mol. The molecule has 7 nitrogen and oxygen atoms in total. The fourth-order valence-electron chi connectivity index (χ4n) is 2.62. The van der Waals surface area contributed by atoms with E-state index in [1.807, 2.05) is 39.8 Å². The van der Waals surface area contributed by atoms with Crippen LogP contribution in [0.5, 0.6) is 0 Å². The highest BCUT2D eigenvalue weighted by Crippen LogP contribution is 2.15. The number of guanidine groups is 1. The van der Waals surface area contributed by atoms with Crippen molar-refractivity contribution in [2.45, 2.75) is 52.2 Å². The van der Waals surface area contributed by atoms with Crippen molar-refractivity contribution >= 4 is 12.1 Å². The van der Waals surface area contributed by atoms with Crippen molar-refractivity contribution in [3.8, 4) is 0 Å². The van der Waals surface area contributed by atoms with Gasteiger partial charge in [0, 0.05) is 38.6 Å². The molecule has 1 amide bonds. The molecule has 1 aliphatic heterocycles. The molecule has 2 heterocycles. The van der Waals surface area contributed by atoms with Crippen molar-refractivity contribution in [1.29, 1.82) is 0 Å². The van der Waals surface area contributed by atoms with Gasteiger partial charge in [-0.25, -0.2) is 4.79 Å². The lowest BCUT2D eigenvalue weighted by Gasteiger charge is -2.24. The van der Waals surface area contributed by atoms with E-state index >= 15 is 0 Å². The number of nitrogens with one attached hydrogen (secondary N) is 2. The van der Waals surface area contributed by atoms with Crippen LogP contribution in [-0.2, 0) is 11.2 Å². The van der Waals surface area contributed by atoms with E-state index in [2.05, 4.69) is 15.6 Å². The molecule has 1 aliphatic rings. The summed E-state index contributed by atoms with van der Waals surface area (Å²) in [5.41, 5.74) is -0.467. The van der Waals surface area contributed by atoms with Gasteiger partial charge in [0.25, 0.3) is 0 Å². The second-order valence-corrected chi connectivity index (χ2v) is 7.15. The van der Waals surface area contributed by atoms with Gasteiger partial charge >= 0.3 is 6.09 Å². The molecular formula is C18H30N4O3. The number of carbonyl (C=O) groups excluding carboxylic acids is 1. The first-order valence-corrected chi connectivity index (χ1v) is 8.92. The number of nitrogens with zero attached hydrogens (tertiary/aromatic N) is 2. The highest BCUT2D eigenvalue weighted by atomic mass is 16.6. The third-order valence-electron chi connectivity index (χ3n) is 3.73. The predicted molar refractivity (Wildman–Crippen MR) is 97.7 cm³/mol. The summed E-state index contributed by atoms with van der Waals surface area (Å²) in [6.07, 6.45) is 3.06. The molecule has 0 bridgehead atoms. The van der Waals surface area contributed by atoms with Crippen LogP contribution < -0.4 is 10.6 Å². The van der Waals surface area contributed by atoms with Crippen LogP contribution in [0.25, 0.3) is 0 Å². The van der Waals surface area contributed by atoms with Crippen LogP contribution in [0, 0.1) is 0 Å². The SMILES string of the molecule is CCNC(=NCCc1ccco1)NC1CCN(C(=O)OC(C)(C)C)C1. The Hall–Kier alpha value is -2.18. The molecule has 1 saturated heterocycles. The van der Waals surface area contributed by atoms with Gasteiger partial charge in [0.05, 0.1) is 6.26 Å². The average Bonchev–Trinajstić information content (AvgIpc) is 3.17. The van der Waals surface area contributed by atoms with Crippen molar-refractivity contribution in [3.63, 3.8) is 0 Å². The Morgan fingerprint density at radius 2 is 2.28 bits per heavy atom. The number of hydrogen-bond donors (Lipinski definition) is 2. The van der Waals surface area contributed by atoms with Crippen molar-refractivity contribution in [1.82, 2.24) is 15.5 Å². The van der Waals surface area contributed by atoms with Crippen LogP contribution in [-0.4, -0.2) is 54.8 Å². The summed E-state index contributed by atoms with van der Waals surface area (Å²) < 4.78 is 10.8. The minimum absolute atomic E-state index is 0.175. The van der Waals surface area contributed by atoms with Crippen molar-refractivity contribution in [2.24, 2.45) is 4.99 Å². The zero-order chi connectivity index (χ0) is 18.3. The fourth-order valence-corrected chi connectivity index (χ4v) is 2.62. The van der Waals surface area contributed by atoms with E-state index in [4.69, 9.17) is 9.15 Å². The van der Waals surface area contributed by atoms with Crippen LogP contribution in [0.4, 0.5) is 4.79 Å². The molecule has 7 heteroatoms. The number of aliphatic imine (C=N–C) groups is 1. The number of likely N-dealkylation sites (tertiary alicyclic amines) is 1. The summed E-state index contributed by atoms with van der Waals surface area (Å²) in [6.45, 7) is 10.4. The van der Waals surface area contributed by atoms with Crippen molar-refractivity contribution < 1.29 is 13.9 Å². The Bertz CT molecular complexity index is 563. The van der Waals surface area contributed by atoms with Gasteiger partial charge in [0.15, 0.2) is 5.96 Å². The van der Waals surface area contributed by atoms with Gasteiger partial charge in [-0.1, -0.05) is 0 Å². The van der Waals surface area contributed by atoms with Crippen LogP contribution in [0.15, 0.2) is 27.8 Å². The Balaban J connectivity index is 1.82. The zero-order valence-electron chi connectivity index (χ0n) is 15.7. The number of hydrogen-bond acceptors (Lipinski definition) is 4. The van der Waals surface area contributed by atoms with E-state index in [-0.39, 0.29) is 12.1 Å². The maximum atomic E-state index is 12.1. The molecule has 0 spiro atoms. The summed E-state index contributed by atoms with van der Waals surface area (Å²) in [5, 5.41) is 6.65. The van der Waals surface area contributed by atoms with Gasteiger partial charge in [-0.05, 0) is 46.2 Å². The van der Waals surface area contributed by atoms with Gasteiger partial charge in [0.1, 0.15) is 11.4 Å². The molecule has 25 heavy (non-hydrogen) atoms. The molecule has 0 saturated carbocycles. The van der Waals surface area contributed by atoms with Gasteiger partial charge < -0.3 is 24.7 Å². The Morgan fingerprint density at radius 1 is 1.48 bits per heavy atom. The second kappa shape index (κ2) is 8.78. The van der Waals surface area contributed by atoms with E-state index < -0.39 is 5.60 Å². The lowest BCUT2D eigenvalue weighted by Crippen LogP contribution is -2.45. The van der Waals surface area contributed by atoms with Crippen molar-refractivity contribution in [2.75, 3.05) is 26.2 Å². The number of carbonyl (C=O) groups is 1. The lowest BCUT2D eigenvalue weighted by molar-refractivity contribution is 0.0292. The molecule has 1 fully saturated rings. The van der Waals surface area contributed by atoms with Crippen LogP contribution in [0.1, 0.15) is 39.9 Å². The largest absolute Gasteiger partial charge is 0.469 e. The highest BCUT2D eigenvalue weighted by Gasteiger charge is 2.30. The smallest absolute Gasteiger partial charge is 0.410 e. The normalized spacial score (nSPS) is 18.3. The number of furan rings is 1. The predicted octanol–water partition coefficient (Wildman–Crippen LogP) is 2.39. The maximum absolute atomic E-state index is 12.1. The maximum Gasteiger partial charge on any atom is 0.410 e. The minimum atomic E-state index is -0.467. The standard InChI is InChI=1S/C18H30N4O3/c1-5-19-16(20-10-8-15-7-6-12-24-15)21-14-9-11-22(13-14)17(23)25-18(2,3)4/h6-7,12,14H,5,8-11,13H2,1-4H3,(H2,19,20,21). The van der Waals surface area contributed by atoms with Crippen LogP contribution in [0.3, 0.4) is 0 Å². The third kappa shape index (κ3) is 6.68. The van der Waals surface area contributed by atoms with E-state index in [1.165, 1.54) is 0 Å². The van der Waals surface area contributed by atoms with E-state index in [0.29, 0.717) is 19.6 Å². The van der Waals surface area contributed by atoms with Gasteiger partial charge in [-0.2, -0.15) is 0 Å². The molecule has 2 N–H and O–H groups in total. The molecule has 0 radical (unpaired) electrons. The Morgan fingerprint density at radius 3 is 2.92 bits per heavy atom. The molecule has 1 aromatic rings. The molecule has 1 atom stereocenters. The quantitative estimate of drug-likeness (QED) is 0.630. The van der Waals surface area contributed by atoms with Crippen LogP contribution >= 0.6 is 0 Å².